The summed E-state index contributed by atoms with van der Waals surface area (Å²) in [6.07, 6.45) is 3.41. The molecule has 2 aromatic heterocycles. The molecular formula is C15H15N3O. The molecule has 2 heterocycles. The average molecular weight is 253 g/mol. The summed E-state index contributed by atoms with van der Waals surface area (Å²) in [6.45, 7) is 2.71. The Kier molecular flexibility index (Phi) is 2.83. The van der Waals surface area contributed by atoms with E-state index in [2.05, 4.69) is 16.4 Å². The summed E-state index contributed by atoms with van der Waals surface area (Å²) in [6, 6.07) is 9.70. The predicted octanol–water partition coefficient (Wildman–Crippen LogP) is 3.33. The number of aromatic nitrogens is 1. The third-order valence-electron chi connectivity index (χ3n) is 3.31. The highest BCUT2D eigenvalue weighted by atomic mass is 16.3. The van der Waals surface area contributed by atoms with Crippen molar-refractivity contribution in [2.45, 2.75) is 13.5 Å². The summed E-state index contributed by atoms with van der Waals surface area (Å²) in [7, 11) is 0. The number of fused-ring (bicyclic) bond motifs is 1. The van der Waals surface area contributed by atoms with E-state index in [0.29, 0.717) is 6.54 Å². The Morgan fingerprint density at radius 2 is 2.16 bits per heavy atom. The van der Waals surface area contributed by atoms with E-state index in [4.69, 9.17) is 10.2 Å². The van der Waals surface area contributed by atoms with E-state index in [0.717, 1.165) is 28.0 Å². The van der Waals surface area contributed by atoms with Gasteiger partial charge in [0.05, 0.1) is 11.6 Å². The van der Waals surface area contributed by atoms with Crippen molar-refractivity contribution in [3.63, 3.8) is 0 Å². The fourth-order valence-electron chi connectivity index (χ4n) is 2.11. The molecule has 19 heavy (non-hydrogen) atoms. The van der Waals surface area contributed by atoms with Crippen molar-refractivity contribution >= 4 is 22.5 Å². The van der Waals surface area contributed by atoms with Crippen LogP contribution < -0.4 is 11.1 Å². The molecule has 0 aliphatic rings. The van der Waals surface area contributed by atoms with Gasteiger partial charge < -0.3 is 15.5 Å². The molecule has 0 saturated carbocycles. The molecule has 0 atom stereocenters. The Morgan fingerprint density at radius 1 is 1.26 bits per heavy atom. The number of hydrogen-bond donors (Lipinski definition) is 2. The van der Waals surface area contributed by atoms with Crippen LogP contribution in [0.15, 0.2) is 47.2 Å². The number of anilines is 2. The van der Waals surface area contributed by atoms with E-state index in [9.17, 15) is 0 Å². The largest absolute Gasteiger partial charge is 0.464 e. The first-order valence-corrected chi connectivity index (χ1v) is 6.16. The third-order valence-corrected chi connectivity index (χ3v) is 3.31. The minimum absolute atomic E-state index is 0.689. The number of nitrogens with zero attached hydrogens (tertiary/aromatic N) is 1. The van der Waals surface area contributed by atoms with Gasteiger partial charge in [-0.25, -0.2) is 4.98 Å². The van der Waals surface area contributed by atoms with Crippen LogP contribution in [0.5, 0.6) is 0 Å². The van der Waals surface area contributed by atoms with Gasteiger partial charge >= 0.3 is 0 Å². The summed E-state index contributed by atoms with van der Waals surface area (Å²) in [5.41, 5.74) is 9.83. The molecule has 0 aliphatic carbocycles. The zero-order valence-electron chi connectivity index (χ0n) is 10.7. The Labute approximate surface area is 111 Å². The molecule has 3 rings (SSSR count). The van der Waals surface area contributed by atoms with Gasteiger partial charge in [-0.05, 0) is 36.2 Å². The van der Waals surface area contributed by atoms with E-state index in [-0.39, 0.29) is 0 Å². The molecule has 0 amide bonds. The molecule has 0 saturated heterocycles. The van der Waals surface area contributed by atoms with Crippen molar-refractivity contribution in [1.82, 2.24) is 4.98 Å². The van der Waals surface area contributed by atoms with Crippen molar-refractivity contribution < 1.29 is 4.42 Å². The number of furan rings is 1. The molecule has 0 radical (unpaired) electrons. The molecular weight excluding hydrogens is 238 g/mol. The van der Waals surface area contributed by atoms with E-state index < -0.39 is 0 Å². The Balaban J connectivity index is 1.86. The van der Waals surface area contributed by atoms with Gasteiger partial charge in [-0.1, -0.05) is 12.1 Å². The lowest BCUT2D eigenvalue weighted by Crippen LogP contribution is -2.04. The minimum Gasteiger partial charge on any atom is -0.464 e. The van der Waals surface area contributed by atoms with Gasteiger partial charge in [-0.2, -0.15) is 0 Å². The minimum atomic E-state index is 0.689. The Hall–Kier alpha value is -2.49. The zero-order valence-corrected chi connectivity index (χ0v) is 10.7. The number of hydrogen-bond acceptors (Lipinski definition) is 4. The highest BCUT2D eigenvalue weighted by Crippen LogP contribution is 2.23. The van der Waals surface area contributed by atoms with E-state index in [1.165, 1.54) is 5.56 Å². The number of benzene rings is 1. The maximum absolute atomic E-state index is 5.91. The van der Waals surface area contributed by atoms with Crippen molar-refractivity contribution in [2.75, 3.05) is 11.1 Å². The highest BCUT2D eigenvalue weighted by Gasteiger charge is 2.06. The number of pyridine rings is 1. The lowest BCUT2D eigenvalue weighted by Gasteiger charge is -2.10. The maximum Gasteiger partial charge on any atom is 0.139 e. The molecule has 1 aromatic carbocycles. The second-order valence-electron chi connectivity index (χ2n) is 4.48. The lowest BCUT2D eigenvalue weighted by molar-refractivity contribution is 0.615. The maximum atomic E-state index is 5.91. The molecule has 0 fully saturated rings. The molecule has 0 spiro atoms. The molecule has 4 heteroatoms. The van der Waals surface area contributed by atoms with Crippen LogP contribution in [0.25, 0.3) is 11.0 Å². The number of nitrogens with two attached hydrogens (primary N) is 1. The van der Waals surface area contributed by atoms with Crippen LogP contribution in [0.2, 0.25) is 0 Å². The van der Waals surface area contributed by atoms with Gasteiger partial charge in [-0.15, -0.1) is 0 Å². The topological polar surface area (TPSA) is 64.1 Å². The summed E-state index contributed by atoms with van der Waals surface area (Å²) < 4.78 is 5.35. The van der Waals surface area contributed by atoms with Crippen LogP contribution in [0, 0.1) is 6.92 Å². The second kappa shape index (κ2) is 4.65. The summed E-state index contributed by atoms with van der Waals surface area (Å²) >= 11 is 0. The fraction of sp³-hybridized carbons (Fsp3) is 0.133. The Bertz CT molecular complexity index is 718. The first kappa shape index (κ1) is 11.6. The SMILES string of the molecule is Cc1c(N)cccc1CNc1nccc2occc12. The van der Waals surface area contributed by atoms with Gasteiger partial charge in [0.1, 0.15) is 11.4 Å². The lowest BCUT2D eigenvalue weighted by atomic mass is 10.1. The second-order valence-corrected chi connectivity index (χ2v) is 4.48. The van der Waals surface area contributed by atoms with E-state index in [1.807, 2.05) is 31.2 Å². The first-order chi connectivity index (χ1) is 9.25. The normalized spacial score (nSPS) is 10.8. The molecule has 3 N–H and O–H groups in total. The third kappa shape index (κ3) is 2.12. The van der Waals surface area contributed by atoms with Gasteiger partial charge in [0.2, 0.25) is 0 Å². The molecule has 96 valence electrons. The summed E-state index contributed by atoms with van der Waals surface area (Å²) in [4.78, 5) is 4.34. The van der Waals surface area contributed by atoms with Crippen LogP contribution in [-0.4, -0.2) is 4.98 Å². The molecule has 0 bridgehead atoms. The smallest absolute Gasteiger partial charge is 0.139 e. The highest BCUT2D eigenvalue weighted by molar-refractivity contribution is 5.87. The van der Waals surface area contributed by atoms with Crippen molar-refractivity contribution in [1.29, 1.82) is 0 Å². The molecule has 3 aromatic rings. The zero-order chi connectivity index (χ0) is 13.2. The van der Waals surface area contributed by atoms with Crippen molar-refractivity contribution in [3.8, 4) is 0 Å². The van der Waals surface area contributed by atoms with Gasteiger partial charge in [0.25, 0.3) is 0 Å². The van der Waals surface area contributed by atoms with Gasteiger partial charge in [0.15, 0.2) is 0 Å². The van der Waals surface area contributed by atoms with Gasteiger partial charge in [0, 0.05) is 18.4 Å². The molecule has 0 unspecified atom stereocenters. The summed E-state index contributed by atoms with van der Waals surface area (Å²) in [5, 5.41) is 4.32. The number of nitrogens with one attached hydrogen (secondary N) is 1. The van der Waals surface area contributed by atoms with Crippen LogP contribution in [0.3, 0.4) is 0 Å². The van der Waals surface area contributed by atoms with Crippen LogP contribution in [0.4, 0.5) is 11.5 Å². The van der Waals surface area contributed by atoms with E-state index >= 15 is 0 Å². The fourth-order valence-corrected chi connectivity index (χ4v) is 2.11. The Morgan fingerprint density at radius 3 is 3.05 bits per heavy atom. The quantitative estimate of drug-likeness (QED) is 0.703. The predicted molar refractivity (Wildman–Crippen MR) is 76.9 cm³/mol. The first-order valence-electron chi connectivity index (χ1n) is 6.16. The summed E-state index contributed by atoms with van der Waals surface area (Å²) in [5.74, 6) is 0.827. The van der Waals surface area contributed by atoms with Crippen LogP contribution in [-0.2, 0) is 6.54 Å². The van der Waals surface area contributed by atoms with Crippen LogP contribution >= 0.6 is 0 Å². The average Bonchev–Trinajstić information content (AvgIpc) is 2.89. The molecule has 4 nitrogen and oxygen atoms in total. The molecule has 0 aliphatic heterocycles. The van der Waals surface area contributed by atoms with Gasteiger partial charge in [-0.3, -0.25) is 0 Å². The van der Waals surface area contributed by atoms with Crippen molar-refractivity contribution in [3.05, 3.63) is 53.9 Å². The van der Waals surface area contributed by atoms with Crippen LogP contribution in [0.1, 0.15) is 11.1 Å². The number of rotatable bonds is 3. The number of nitrogen functional groups attached to an aromatic ring is 1. The monoisotopic (exact) mass is 253 g/mol. The standard InChI is InChI=1S/C15H15N3O/c1-10-11(3-2-4-13(10)16)9-18-15-12-6-8-19-14(12)5-7-17-15/h2-8H,9,16H2,1H3,(H,17,18). The van der Waals surface area contributed by atoms with Crippen molar-refractivity contribution in [2.24, 2.45) is 0 Å². The van der Waals surface area contributed by atoms with E-state index in [1.54, 1.807) is 12.5 Å².